The summed E-state index contributed by atoms with van der Waals surface area (Å²) in [5.41, 5.74) is 11.9. The Hall–Kier alpha value is -3.06. The maximum atomic E-state index is 12.3. The van der Waals surface area contributed by atoms with E-state index in [9.17, 15) is 15.0 Å². The van der Waals surface area contributed by atoms with Gasteiger partial charge in [0.25, 0.3) is 0 Å². The van der Waals surface area contributed by atoms with Crippen LogP contribution in [-0.2, 0) is 4.74 Å². The lowest BCUT2D eigenvalue weighted by Crippen LogP contribution is -2.36. The number of ether oxygens (including phenoxy) is 1. The molecular weight excluding hydrogens is 428 g/mol. The molecule has 3 aromatic rings. The molecule has 1 aliphatic carbocycles. The molecule has 0 saturated carbocycles. The Bertz CT molecular complexity index is 1110. The molecule has 5 N–H and O–H groups in total. The summed E-state index contributed by atoms with van der Waals surface area (Å²) in [5, 5.41) is 23.5. The summed E-state index contributed by atoms with van der Waals surface area (Å²) in [6.07, 6.45) is -3.22. The highest BCUT2D eigenvalue weighted by Crippen LogP contribution is 2.44. The molecular formula is C25H25ClN2O4. The number of halogens is 1. The maximum absolute atomic E-state index is 12.3. The predicted molar refractivity (Wildman–Crippen MR) is 125 cm³/mol. The van der Waals surface area contributed by atoms with E-state index in [0.29, 0.717) is 11.3 Å². The van der Waals surface area contributed by atoms with E-state index in [1.807, 2.05) is 36.4 Å². The molecule has 1 aliphatic rings. The van der Waals surface area contributed by atoms with Gasteiger partial charge < -0.3 is 26.0 Å². The van der Waals surface area contributed by atoms with Gasteiger partial charge in [0.15, 0.2) is 0 Å². The van der Waals surface area contributed by atoms with Gasteiger partial charge in [0.05, 0.1) is 0 Å². The van der Waals surface area contributed by atoms with E-state index in [1.54, 1.807) is 13.0 Å². The van der Waals surface area contributed by atoms with E-state index < -0.39 is 18.3 Å². The van der Waals surface area contributed by atoms with E-state index in [1.165, 1.54) is 6.07 Å². The zero-order chi connectivity index (χ0) is 22.8. The van der Waals surface area contributed by atoms with E-state index in [2.05, 4.69) is 17.4 Å². The molecule has 4 rings (SSSR count). The Morgan fingerprint density at radius 3 is 2.31 bits per heavy atom. The zero-order valence-electron chi connectivity index (χ0n) is 17.6. The quantitative estimate of drug-likeness (QED) is 0.420. The fraction of sp³-hybridized carbons (Fsp3) is 0.240. The maximum Gasteiger partial charge on any atom is 0.407 e. The van der Waals surface area contributed by atoms with Gasteiger partial charge in [-0.1, -0.05) is 60.1 Å². The lowest BCUT2D eigenvalue weighted by atomic mass is 9.98. The minimum Gasteiger partial charge on any atom is -0.449 e. The van der Waals surface area contributed by atoms with Crippen LogP contribution in [0.5, 0.6) is 0 Å². The predicted octanol–water partition coefficient (Wildman–Crippen LogP) is 4.16. The number of rotatable bonds is 6. The first-order valence-electron chi connectivity index (χ1n) is 10.4. The number of aliphatic hydroxyl groups is 2. The number of benzene rings is 3. The molecule has 0 aliphatic heterocycles. The number of nitrogens with two attached hydrogens (primary N) is 1. The molecule has 3 aromatic carbocycles. The highest BCUT2D eigenvalue weighted by Gasteiger charge is 2.29. The van der Waals surface area contributed by atoms with E-state index in [0.717, 1.165) is 27.8 Å². The van der Waals surface area contributed by atoms with Crippen molar-refractivity contribution < 1.29 is 19.7 Å². The molecule has 6 nitrogen and oxygen atoms in total. The monoisotopic (exact) mass is 452 g/mol. The normalized spacial score (nSPS) is 14.4. The molecule has 0 bridgehead atoms. The van der Waals surface area contributed by atoms with Crippen LogP contribution in [0, 0.1) is 6.92 Å². The van der Waals surface area contributed by atoms with Crippen molar-refractivity contribution in [2.24, 2.45) is 0 Å². The fourth-order valence-corrected chi connectivity index (χ4v) is 4.39. The molecule has 0 spiro atoms. The zero-order valence-corrected chi connectivity index (χ0v) is 18.3. The summed E-state index contributed by atoms with van der Waals surface area (Å²) in [4.78, 5) is 12.3. The Balaban J connectivity index is 1.35. The number of carbonyl (C=O) groups is 1. The standard InChI is InChI=1S/C25H25ClN2O4/c1-14-10-19(21(26)11-22(14)27)24(30)23(29)12-28-25(31)32-13-20-17-8-4-2-6-15(17)16-7-3-5-9-18(16)20/h2-11,20,23-24,29-30H,12-13,27H2,1H3,(H,28,31). The van der Waals surface area contributed by atoms with Crippen molar-refractivity contribution in [1.82, 2.24) is 5.32 Å². The summed E-state index contributed by atoms with van der Waals surface area (Å²) < 4.78 is 5.45. The third-order valence-electron chi connectivity index (χ3n) is 5.87. The molecule has 0 aromatic heterocycles. The van der Waals surface area contributed by atoms with E-state index in [-0.39, 0.29) is 24.1 Å². The van der Waals surface area contributed by atoms with Crippen LogP contribution in [0.3, 0.4) is 0 Å². The van der Waals surface area contributed by atoms with Crippen LogP contribution in [0.1, 0.15) is 34.3 Å². The first-order valence-corrected chi connectivity index (χ1v) is 10.7. The summed E-state index contributed by atoms with van der Waals surface area (Å²) in [6.45, 7) is 1.75. The first-order chi connectivity index (χ1) is 15.4. The molecule has 166 valence electrons. The lowest BCUT2D eigenvalue weighted by Gasteiger charge is -2.21. The van der Waals surface area contributed by atoms with Gasteiger partial charge in [-0.25, -0.2) is 4.79 Å². The Labute approximate surface area is 191 Å². The molecule has 2 unspecified atom stereocenters. The third kappa shape index (κ3) is 4.30. The van der Waals surface area contributed by atoms with Gasteiger partial charge in [-0.15, -0.1) is 0 Å². The SMILES string of the molecule is Cc1cc(C(O)C(O)CNC(=O)OCC2c3ccccc3-c3ccccc32)c(Cl)cc1N. The number of carbonyl (C=O) groups excluding carboxylic acids is 1. The number of hydrogen-bond donors (Lipinski definition) is 4. The van der Waals surface area contributed by atoms with Crippen LogP contribution in [0.15, 0.2) is 60.7 Å². The van der Waals surface area contributed by atoms with Crippen LogP contribution in [-0.4, -0.2) is 35.6 Å². The third-order valence-corrected chi connectivity index (χ3v) is 6.19. The number of nitrogen functional groups attached to an aromatic ring is 1. The minimum absolute atomic E-state index is 0.0553. The van der Waals surface area contributed by atoms with E-state index in [4.69, 9.17) is 22.1 Å². The van der Waals surface area contributed by atoms with Crippen molar-refractivity contribution in [2.75, 3.05) is 18.9 Å². The fourth-order valence-electron chi connectivity index (χ4n) is 4.10. The van der Waals surface area contributed by atoms with Crippen molar-refractivity contribution in [3.63, 3.8) is 0 Å². The number of anilines is 1. The average Bonchev–Trinajstić information content (AvgIpc) is 3.11. The second-order valence-electron chi connectivity index (χ2n) is 7.95. The number of alkyl carbamates (subject to hydrolysis) is 1. The molecule has 2 atom stereocenters. The second kappa shape index (κ2) is 9.20. The van der Waals surface area contributed by atoms with E-state index >= 15 is 0 Å². The Morgan fingerprint density at radius 1 is 1.09 bits per heavy atom. The van der Waals surface area contributed by atoms with Crippen LogP contribution >= 0.6 is 11.6 Å². The van der Waals surface area contributed by atoms with Gasteiger partial charge in [-0.2, -0.15) is 0 Å². The van der Waals surface area contributed by atoms with Gasteiger partial charge in [-0.3, -0.25) is 0 Å². The van der Waals surface area contributed by atoms with Crippen molar-refractivity contribution in [3.05, 3.63) is 87.9 Å². The number of nitrogens with one attached hydrogen (secondary N) is 1. The van der Waals surface area contributed by atoms with Gasteiger partial charge in [-0.05, 0) is 46.9 Å². The second-order valence-corrected chi connectivity index (χ2v) is 8.36. The Kier molecular flexibility index (Phi) is 6.37. The van der Waals surface area contributed by atoms with Gasteiger partial charge in [0, 0.05) is 28.7 Å². The number of aliphatic hydroxyl groups excluding tert-OH is 2. The smallest absolute Gasteiger partial charge is 0.407 e. The number of fused-ring (bicyclic) bond motifs is 3. The topological polar surface area (TPSA) is 105 Å². The minimum atomic E-state index is -1.28. The summed E-state index contributed by atoms with van der Waals surface area (Å²) in [6, 6.07) is 19.3. The van der Waals surface area contributed by atoms with Crippen LogP contribution in [0.2, 0.25) is 5.02 Å². The summed E-state index contributed by atoms with van der Waals surface area (Å²) >= 11 is 6.14. The molecule has 0 radical (unpaired) electrons. The molecule has 0 fully saturated rings. The average molecular weight is 453 g/mol. The molecule has 7 heteroatoms. The van der Waals surface area contributed by atoms with Crippen LogP contribution in [0.4, 0.5) is 10.5 Å². The Morgan fingerprint density at radius 2 is 1.69 bits per heavy atom. The molecule has 32 heavy (non-hydrogen) atoms. The van der Waals surface area contributed by atoms with Gasteiger partial charge >= 0.3 is 6.09 Å². The van der Waals surface area contributed by atoms with Crippen molar-refractivity contribution >= 4 is 23.4 Å². The molecule has 0 heterocycles. The van der Waals surface area contributed by atoms with Crippen molar-refractivity contribution in [2.45, 2.75) is 25.0 Å². The summed E-state index contributed by atoms with van der Waals surface area (Å²) in [5.74, 6) is -0.0553. The van der Waals surface area contributed by atoms with Crippen LogP contribution < -0.4 is 11.1 Å². The molecule has 0 saturated heterocycles. The number of amides is 1. The lowest BCUT2D eigenvalue weighted by molar-refractivity contribution is 0.0186. The highest BCUT2D eigenvalue weighted by atomic mass is 35.5. The van der Waals surface area contributed by atoms with Crippen LogP contribution in [0.25, 0.3) is 11.1 Å². The van der Waals surface area contributed by atoms with Gasteiger partial charge in [0.1, 0.15) is 18.8 Å². The van der Waals surface area contributed by atoms with Crippen molar-refractivity contribution in [1.29, 1.82) is 0 Å². The van der Waals surface area contributed by atoms with Gasteiger partial charge in [0.2, 0.25) is 0 Å². The van der Waals surface area contributed by atoms with Crippen molar-refractivity contribution in [3.8, 4) is 11.1 Å². The number of hydrogen-bond acceptors (Lipinski definition) is 5. The largest absolute Gasteiger partial charge is 0.449 e. The first kappa shape index (κ1) is 22.1. The molecule has 1 amide bonds. The summed E-state index contributed by atoms with van der Waals surface area (Å²) in [7, 11) is 0. The highest BCUT2D eigenvalue weighted by molar-refractivity contribution is 6.31. The number of aryl methyl sites for hydroxylation is 1.